The average molecular weight is 488 g/mol. The molecule has 1 aliphatic rings. The van der Waals surface area contributed by atoms with Crippen LogP contribution in [0.25, 0.3) is 11.2 Å². The second kappa shape index (κ2) is 10.6. The lowest BCUT2D eigenvalue weighted by Gasteiger charge is -2.17. The molecule has 10 nitrogen and oxygen atoms in total. The van der Waals surface area contributed by atoms with Gasteiger partial charge in [0, 0.05) is 24.5 Å². The molecule has 3 atom stereocenters. The largest absolute Gasteiger partial charge is 0.462 e. The van der Waals surface area contributed by atoms with Crippen LogP contribution in [0.4, 0.5) is 5.82 Å². The van der Waals surface area contributed by atoms with Crippen molar-refractivity contribution in [3.8, 4) is 0 Å². The van der Waals surface area contributed by atoms with Gasteiger partial charge in [-0.1, -0.05) is 36.4 Å². The molecule has 3 heterocycles. The molecule has 184 valence electrons. The van der Waals surface area contributed by atoms with Gasteiger partial charge in [-0.25, -0.2) is 19.7 Å². The highest BCUT2D eigenvalue weighted by Crippen LogP contribution is 2.37. The van der Waals surface area contributed by atoms with E-state index in [0.29, 0.717) is 41.0 Å². The van der Waals surface area contributed by atoms with Gasteiger partial charge >= 0.3 is 5.97 Å². The molecule has 2 aromatic heterocycles. The average Bonchev–Trinajstić information content (AvgIpc) is 3.53. The quantitative estimate of drug-likeness (QED) is 0.363. The number of ether oxygens (including phenoxy) is 2. The molecule has 2 N–H and O–H groups in total. The van der Waals surface area contributed by atoms with E-state index in [1.54, 1.807) is 59.4 Å². The van der Waals surface area contributed by atoms with E-state index in [2.05, 4.69) is 20.3 Å². The van der Waals surface area contributed by atoms with Crippen molar-refractivity contribution in [3.63, 3.8) is 0 Å². The predicted molar refractivity (Wildman–Crippen MR) is 130 cm³/mol. The number of nitrogens with one attached hydrogen (secondary N) is 1. The van der Waals surface area contributed by atoms with Crippen LogP contribution in [0.2, 0.25) is 0 Å². The van der Waals surface area contributed by atoms with E-state index in [1.807, 2.05) is 12.1 Å². The van der Waals surface area contributed by atoms with Crippen molar-refractivity contribution in [2.45, 2.75) is 25.2 Å². The van der Waals surface area contributed by atoms with Crippen molar-refractivity contribution in [1.82, 2.24) is 19.5 Å². The maximum atomic E-state index is 12.6. The highest BCUT2D eigenvalue weighted by atomic mass is 16.5. The summed E-state index contributed by atoms with van der Waals surface area (Å²) in [6.45, 7) is 0.109. The molecule has 0 spiro atoms. The third-order valence-corrected chi connectivity index (χ3v) is 6.15. The van der Waals surface area contributed by atoms with Crippen molar-refractivity contribution >= 4 is 28.9 Å². The summed E-state index contributed by atoms with van der Waals surface area (Å²) in [7, 11) is 0. The Balaban J connectivity index is 1.32. The summed E-state index contributed by atoms with van der Waals surface area (Å²) in [5, 5.41) is 12.3. The van der Waals surface area contributed by atoms with E-state index < -0.39 is 12.2 Å². The summed E-state index contributed by atoms with van der Waals surface area (Å²) in [5.74, 6) is -0.524. The zero-order chi connectivity index (χ0) is 24.9. The van der Waals surface area contributed by atoms with Gasteiger partial charge in [0.15, 0.2) is 17.0 Å². The maximum Gasteiger partial charge on any atom is 0.338 e. The van der Waals surface area contributed by atoms with E-state index in [9.17, 15) is 14.7 Å². The van der Waals surface area contributed by atoms with E-state index in [4.69, 9.17) is 9.47 Å². The van der Waals surface area contributed by atoms with Crippen molar-refractivity contribution in [2.75, 3.05) is 18.5 Å². The summed E-state index contributed by atoms with van der Waals surface area (Å²) >= 11 is 0. The Labute approximate surface area is 206 Å². The third-order valence-electron chi connectivity index (χ3n) is 6.15. The van der Waals surface area contributed by atoms with Gasteiger partial charge in [-0.2, -0.15) is 0 Å². The molecule has 1 fully saturated rings. The van der Waals surface area contributed by atoms with Crippen LogP contribution in [-0.4, -0.2) is 55.8 Å². The number of fused-ring (bicyclic) bond motifs is 1. The van der Waals surface area contributed by atoms with Crippen molar-refractivity contribution in [2.24, 2.45) is 5.92 Å². The molecule has 0 saturated carbocycles. The van der Waals surface area contributed by atoms with Gasteiger partial charge in [-0.3, -0.25) is 9.36 Å². The lowest BCUT2D eigenvalue weighted by atomic mass is 9.99. The fraction of sp³-hybridized carbons (Fsp3) is 0.269. The molecule has 0 unspecified atom stereocenters. The monoisotopic (exact) mass is 487 g/mol. The van der Waals surface area contributed by atoms with Gasteiger partial charge in [0.25, 0.3) is 5.91 Å². The maximum absolute atomic E-state index is 12.6. The molecule has 0 aliphatic carbocycles. The number of carbonyl (C=O) groups excluding carboxylic acids is 2. The number of aliphatic hydroxyl groups excluding tert-OH is 1. The van der Waals surface area contributed by atoms with Crippen LogP contribution in [0.15, 0.2) is 73.3 Å². The second-order valence-corrected chi connectivity index (χ2v) is 8.47. The van der Waals surface area contributed by atoms with Crippen molar-refractivity contribution in [1.29, 1.82) is 0 Å². The molecule has 10 heteroatoms. The van der Waals surface area contributed by atoms with Crippen LogP contribution in [0.5, 0.6) is 0 Å². The van der Waals surface area contributed by atoms with Crippen LogP contribution in [-0.2, 0) is 9.47 Å². The first-order chi connectivity index (χ1) is 17.6. The normalized spacial score (nSPS) is 19.3. The highest BCUT2D eigenvalue weighted by Gasteiger charge is 2.37. The number of hydrogen-bond donors (Lipinski definition) is 2. The first-order valence-electron chi connectivity index (χ1n) is 11.7. The Morgan fingerprint density at radius 2 is 1.75 bits per heavy atom. The number of benzene rings is 2. The number of aliphatic hydroxyl groups is 1. The summed E-state index contributed by atoms with van der Waals surface area (Å²) in [5.41, 5.74) is 1.92. The molecule has 1 amide bonds. The molecular formula is C26H25N5O5. The molecule has 0 bridgehead atoms. The van der Waals surface area contributed by atoms with Crippen LogP contribution >= 0.6 is 0 Å². The number of aromatic nitrogens is 4. The zero-order valence-electron chi connectivity index (χ0n) is 19.4. The van der Waals surface area contributed by atoms with E-state index in [0.717, 1.165) is 0 Å². The Hall–Kier alpha value is -4.15. The highest BCUT2D eigenvalue weighted by molar-refractivity contribution is 6.06. The Morgan fingerprint density at radius 3 is 2.47 bits per heavy atom. The summed E-state index contributed by atoms with van der Waals surface area (Å²) in [6.07, 6.45) is 3.16. The fourth-order valence-electron chi connectivity index (χ4n) is 4.33. The van der Waals surface area contributed by atoms with Crippen LogP contribution in [0.3, 0.4) is 0 Å². The van der Waals surface area contributed by atoms with Crippen LogP contribution in [0, 0.1) is 5.92 Å². The van der Waals surface area contributed by atoms with Crippen molar-refractivity contribution in [3.05, 3.63) is 84.4 Å². The lowest BCUT2D eigenvalue weighted by molar-refractivity contribution is -0.0201. The molecule has 5 rings (SSSR count). The minimum atomic E-state index is -0.431. The minimum absolute atomic E-state index is 0.0525. The number of amides is 1. The fourth-order valence-corrected chi connectivity index (χ4v) is 4.33. The Morgan fingerprint density at radius 1 is 1.03 bits per heavy atom. The number of rotatable bonds is 8. The Bertz CT molecular complexity index is 1340. The summed E-state index contributed by atoms with van der Waals surface area (Å²) in [6, 6.07) is 17.6. The van der Waals surface area contributed by atoms with E-state index in [-0.39, 0.29) is 31.1 Å². The zero-order valence-corrected chi connectivity index (χ0v) is 19.4. The van der Waals surface area contributed by atoms with Gasteiger partial charge in [-0.05, 0) is 30.7 Å². The number of anilines is 1. The van der Waals surface area contributed by atoms with Gasteiger partial charge in [0.1, 0.15) is 12.6 Å². The standard InChI is InChI=1S/C26H25N5O5/c32-12-11-20-19(14-35-26(34)18-9-5-2-6-10-18)13-21(36-20)31-16-29-22-23(27-15-28-24(22)31)30-25(33)17-7-3-1-4-8-17/h1-10,15-16,19-21,32H,11-14H2,(H,27,28,30,33)/t19-,20-,21+/m1/s1. The van der Waals surface area contributed by atoms with E-state index >= 15 is 0 Å². The number of carbonyl (C=O) groups is 2. The summed E-state index contributed by atoms with van der Waals surface area (Å²) < 4.78 is 13.5. The van der Waals surface area contributed by atoms with E-state index in [1.165, 1.54) is 6.33 Å². The van der Waals surface area contributed by atoms with Gasteiger partial charge in [0.2, 0.25) is 0 Å². The number of nitrogens with zero attached hydrogens (tertiary/aromatic N) is 4. The molecule has 1 aliphatic heterocycles. The minimum Gasteiger partial charge on any atom is -0.462 e. The number of esters is 1. The predicted octanol–water partition coefficient (Wildman–Crippen LogP) is 3.22. The topological polar surface area (TPSA) is 128 Å². The molecule has 2 aromatic carbocycles. The van der Waals surface area contributed by atoms with Gasteiger partial charge in [-0.15, -0.1) is 0 Å². The number of imidazole rings is 1. The molecular weight excluding hydrogens is 462 g/mol. The van der Waals surface area contributed by atoms with Gasteiger partial charge < -0.3 is 19.9 Å². The van der Waals surface area contributed by atoms with Crippen LogP contribution < -0.4 is 5.32 Å². The molecule has 1 saturated heterocycles. The van der Waals surface area contributed by atoms with Crippen molar-refractivity contribution < 1.29 is 24.2 Å². The van der Waals surface area contributed by atoms with Gasteiger partial charge in [0.05, 0.1) is 24.6 Å². The molecule has 36 heavy (non-hydrogen) atoms. The molecule has 4 aromatic rings. The SMILES string of the molecule is O=C(Nc1ncnc2c1ncn2[C@@H]1C[C@H](COC(=O)c2ccccc2)[C@@H](CCO)O1)c1ccccc1. The third kappa shape index (κ3) is 4.95. The summed E-state index contributed by atoms with van der Waals surface area (Å²) in [4.78, 5) is 38.0. The first-order valence-corrected chi connectivity index (χ1v) is 11.7. The smallest absolute Gasteiger partial charge is 0.338 e. The lowest BCUT2D eigenvalue weighted by Crippen LogP contribution is -2.23. The van der Waals surface area contributed by atoms with Crippen LogP contribution in [0.1, 0.15) is 39.8 Å². The first kappa shape index (κ1) is 23.6. The second-order valence-electron chi connectivity index (χ2n) is 8.47. The number of hydrogen-bond acceptors (Lipinski definition) is 8. The Kier molecular flexibility index (Phi) is 6.96. The molecule has 0 radical (unpaired) electrons.